The summed E-state index contributed by atoms with van der Waals surface area (Å²) in [5, 5.41) is 9.09. The van der Waals surface area contributed by atoms with Crippen LogP contribution in [0.3, 0.4) is 0 Å². The molecule has 2 rings (SSSR count). The molecule has 86 valence electrons. The Morgan fingerprint density at radius 1 is 1.50 bits per heavy atom. The summed E-state index contributed by atoms with van der Waals surface area (Å²) in [5.74, 6) is 0.130. The molecule has 0 radical (unpaired) electrons. The first kappa shape index (κ1) is 11.6. The van der Waals surface area contributed by atoms with Crippen molar-refractivity contribution >= 4 is 21.8 Å². The number of benzene rings is 1. The van der Waals surface area contributed by atoms with Gasteiger partial charge in [-0.15, -0.1) is 0 Å². The van der Waals surface area contributed by atoms with E-state index in [9.17, 15) is 4.79 Å². The Hall–Kier alpha value is -0.870. The van der Waals surface area contributed by atoms with Gasteiger partial charge in [-0.2, -0.15) is 0 Å². The molecule has 16 heavy (non-hydrogen) atoms. The number of β-amino-alcohol motifs (C(OH)–C–C–N with tert-alkyl or cyclic N) is 1. The van der Waals surface area contributed by atoms with Gasteiger partial charge in [0, 0.05) is 24.0 Å². The number of hydrogen-bond acceptors (Lipinski definition) is 2. The smallest absolute Gasteiger partial charge is 0.223 e. The lowest BCUT2D eigenvalue weighted by atomic mass is 10.1. The summed E-state index contributed by atoms with van der Waals surface area (Å²) in [6.07, 6.45) is 0.962. The van der Waals surface area contributed by atoms with Crippen LogP contribution in [0.1, 0.15) is 12.0 Å². The third-order valence-electron chi connectivity index (χ3n) is 2.73. The molecule has 1 aliphatic heterocycles. The van der Waals surface area contributed by atoms with E-state index >= 15 is 0 Å². The van der Waals surface area contributed by atoms with Crippen molar-refractivity contribution < 1.29 is 9.90 Å². The standard InChI is InChI=1S/C12H14BrNO2/c13-10-3-1-2-9(6-10)4-5-12(16)14-7-11(15)8-14/h1-3,6,11,15H,4-5,7-8H2. The number of carbonyl (C=O) groups excluding carboxylic acids is 1. The molecule has 0 atom stereocenters. The van der Waals surface area contributed by atoms with Crippen LogP contribution in [0, 0.1) is 0 Å². The molecule has 1 aromatic rings. The van der Waals surface area contributed by atoms with E-state index in [0.717, 1.165) is 16.5 Å². The zero-order chi connectivity index (χ0) is 11.5. The first-order chi connectivity index (χ1) is 7.65. The van der Waals surface area contributed by atoms with E-state index in [-0.39, 0.29) is 12.0 Å². The lowest BCUT2D eigenvalue weighted by Gasteiger charge is -2.35. The number of aryl methyl sites for hydroxylation is 1. The molecule has 0 aromatic heterocycles. The summed E-state index contributed by atoms with van der Waals surface area (Å²) in [6, 6.07) is 7.98. The van der Waals surface area contributed by atoms with Crippen molar-refractivity contribution in [2.45, 2.75) is 18.9 Å². The van der Waals surface area contributed by atoms with Gasteiger partial charge in [0.05, 0.1) is 6.10 Å². The van der Waals surface area contributed by atoms with Crippen molar-refractivity contribution in [2.24, 2.45) is 0 Å². The van der Waals surface area contributed by atoms with Gasteiger partial charge in [-0.25, -0.2) is 0 Å². The Morgan fingerprint density at radius 2 is 2.25 bits per heavy atom. The third-order valence-corrected chi connectivity index (χ3v) is 3.22. The van der Waals surface area contributed by atoms with E-state index in [4.69, 9.17) is 5.11 Å². The van der Waals surface area contributed by atoms with Gasteiger partial charge < -0.3 is 10.0 Å². The van der Waals surface area contributed by atoms with Gasteiger partial charge in [0.2, 0.25) is 5.91 Å². The van der Waals surface area contributed by atoms with Crippen LogP contribution in [-0.2, 0) is 11.2 Å². The Balaban J connectivity index is 1.81. The molecule has 1 N–H and O–H groups in total. The number of aliphatic hydroxyl groups excluding tert-OH is 1. The fourth-order valence-corrected chi connectivity index (χ4v) is 2.21. The summed E-state index contributed by atoms with van der Waals surface area (Å²) in [7, 11) is 0. The minimum atomic E-state index is -0.310. The average molecular weight is 284 g/mol. The molecule has 1 saturated heterocycles. The van der Waals surface area contributed by atoms with Crippen molar-refractivity contribution in [2.75, 3.05) is 13.1 Å². The fraction of sp³-hybridized carbons (Fsp3) is 0.417. The molecular weight excluding hydrogens is 270 g/mol. The Bertz CT molecular complexity index is 388. The summed E-state index contributed by atoms with van der Waals surface area (Å²) in [4.78, 5) is 13.3. The first-order valence-electron chi connectivity index (χ1n) is 5.35. The van der Waals surface area contributed by atoms with E-state index in [2.05, 4.69) is 15.9 Å². The van der Waals surface area contributed by atoms with Crippen LogP contribution in [0.5, 0.6) is 0 Å². The molecule has 0 bridgehead atoms. The molecule has 1 aliphatic rings. The zero-order valence-electron chi connectivity index (χ0n) is 8.90. The molecular formula is C12H14BrNO2. The SMILES string of the molecule is O=C(CCc1cccc(Br)c1)N1CC(O)C1. The molecule has 0 spiro atoms. The molecule has 1 amide bonds. The van der Waals surface area contributed by atoms with Crippen LogP contribution in [0.15, 0.2) is 28.7 Å². The lowest BCUT2D eigenvalue weighted by molar-refractivity contribution is -0.141. The van der Waals surface area contributed by atoms with Gasteiger partial charge in [0.1, 0.15) is 0 Å². The minimum Gasteiger partial charge on any atom is -0.389 e. The van der Waals surface area contributed by atoms with Crippen molar-refractivity contribution in [1.82, 2.24) is 4.90 Å². The van der Waals surface area contributed by atoms with Gasteiger partial charge in [-0.05, 0) is 24.1 Å². The van der Waals surface area contributed by atoms with E-state index < -0.39 is 0 Å². The molecule has 1 heterocycles. The van der Waals surface area contributed by atoms with Crippen LogP contribution in [0.25, 0.3) is 0 Å². The molecule has 1 aromatic carbocycles. The molecule has 3 nitrogen and oxygen atoms in total. The third kappa shape index (κ3) is 2.83. The summed E-state index contributed by atoms with van der Waals surface area (Å²) < 4.78 is 1.04. The van der Waals surface area contributed by atoms with Crippen LogP contribution < -0.4 is 0 Å². The van der Waals surface area contributed by atoms with Gasteiger partial charge >= 0.3 is 0 Å². The Morgan fingerprint density at radius 3 is 2.88 bits per heavy atom. The fourth-order valence-electron chi connectivity index (χ4n) is 1.76. The maximum atomic E-state index is 11.6. The zero-order valence-corrected chi connectivity index (χ0v) is 10.5. The second-order valence-electron chi connectivity index (χ2n) is 4.08. The molecule has 4 heteroatoms. The van der Waals surface area contributed by atoms with Gasteiger partial charge in [0.25, 0.3) is 0 Å². The minimum absolute atomic E-state index is 0.130. The van der Waals surface area contributed by atoms with E-state index in [1.165, 1.54) is 0 Å². The van der Waals surface area contributed by atoms with Crippen molar-refractivity contribution in [3.05, 3.63) is 34.3 Å². The highest BCUT2D eigenvalue weighted by atomic mass is 79.9. The predicted octanol–water partition coefficient (Wildman–Crippen LogP) is 1.58. The quantitative estimate of drug-likeness (QED) is 0.915. The van der Waals surface area contributed by atoms with Crippen LogP contribution in [0.4, 0.5) is 0 Å². The van der Waals surface area contributed by atoms with Crippen LogP contribution in [0.2, 0.25) is 0 Å². The van der Waals surface area contributed by atoms with E-state index in [0.29, 0.717) is 19.5 Å². The van der Waals surface area contributed by atoms with Crippen molar-refractivity contribution in [1.29, 1.82) is 0 Å². The van der Waals surface area contributed by atoms with Crippen molar-refractivity contribution in [3.63, 3.8) is 0 Å². The molecule has 1 fully saturated rings. The second kappa shape index (κ2) is 4.97. The maximum Gasteiger partial charge on any atom is 0.223 e. The highest BCUT2D eigenvalue weighted by Gasteiger charge is 2.27. The average Bonchev–Trinajstić information content (AvgIpc) is 2.22. The van der Waals surface area contributed by atoms with Crippen LogP contribution >= 0.6 is 15.9 Å². The highest BCUT2D eigenvalue weighted by Crippen LogP contribution is 2.15. The topological polar surface area (TPSA) is 40.5 Å². The van der Waals surface area contributed by atoms with Gasteiger partial charge in [-0.1, -0.05) is 28.1 Å². The highest BCUT2D eigenvalue weighted by molar-refractivity contribution is 9.10. The molecule has 0 saturated carbocycles. The second-order valence-corrected chi connectivity index (χ2v) is 5.00. The summed E-state index contributed by atoms with van der Waals surface area (Å²) in [5.41, 5.74) is 1.16. The number of aliphatic hydroxyl groups is 1. The Labute approximate surface area is 103 Å². The number of carbonyl (C=O) groups is 1. The van der Waals surface area contributed by atoms with Crippen LogP contribution in [-0.4, -0.2) is 35.1 Å². The van der Waals surface area contributed by atoms with E-state index in [1.54, 1.807) is 4.90 Å². The maximum absolute atomic E-state index is 11.6. The van der Waals surface area contributed by atoms with Gasteiger partial charge in [-0.3, -0.25) is 4.79 Å². The number of hydrogen-bond donors (Lipinski definition) is 1. The summed E-state index contributed by atoms with van der Waals surface area (Å²) in [6.45, 7) is 0.995. The number of halogens is 1. The molecule has 0 aliphatic carbocycles. The predicted molar refractivity (Wildman–Crippen MR) is 65.0 cm³/mol. The molecule has 0 unspecified atom stereocenters. The number of rotatable bonds is 3. The Kier molecular flexibility index (Phi) is 3.61. The van der Waals surface area contributed by atoms with Crippen molar-refractivity contribution in [3.8, 4) is 0 Å². The number of nitrogens with zero attached hydrogens (tertiary/aromatic N) is 1. The summed E-state index contributed by atoms with van der Waals surface area (Å²) >= 11 is 3.40. The van der Waals surface area contributed by atoms with Gasteiger partial charge in [0.15, 0.2) is 0 Å². The number of amides is 1. The largest absolute Gasteiger partial charge is 0.389 e. The lowest BCUT2D eigenvalue weighted by Crippen LogP contribution is -2.53. The number of likely N-dealkylation sites (tertiary alicyclic amines) is 1. The van der Waals surface area contributed by atoms with E-state index in [1.807, 2.05) is 24.3 Å². The monoisotopic (exact) mass is 283 g/mol. The normalized spacial score (nSPS) is 16.0. The first-order valence-corrected chi connectivity index (χ1v) is 6.15.